The molecule has 1 fully saturated rings. The molecule has 0 bridgehead atoms. The van der Waals surface area contributed by atoms with Gasteiger partial charge in [0, 0.05) is 24.8 Å². The van der Waals surface area contributed by atoms with Crippen molar-refractivity contribution in [3.8, 4) is 0 Å². The topological polar surface area (TPSA) is 71.0 Å². The Hall–Kier alpha value is -2.33. The summed E-state index contributed by atoms with van der Waals surface area (Å²) in [6, 6.07) is 7.38. The molecule has 0 radical (unpaired) electrons. The first-order valence-electron chi connectivity index (χ1n) is 7.30. The predicted octanol–water partition coefficient (Wildman–Crippen LogP) is 3.08. The number of amides is 1. The molecule has 0 spiro atoms. The van der Waals surface area contributed by atoms with Crippen molar-refractivity contribution in [3.63, 3.8) is 0 Å². The fourth-order valence-corrected chi connectivity index (χ4v) is 2.29. The Labute approximate surface area is 130 Å². The molecule has 2 rings (SSSR count). The van der Waals surface area contributed by atoms with E-state index in [2.05, 4.69) is 10.3 Å². The summed E-state index contributed by atoms with van der Waals surface area (Å²) in [6.07, 6.45) is 2.11. The van der Waals surface area contributed by atoms with Gasteiger partial charge in [-0.1, -0.05) is 0 Å². The minimum atomic E-state index is -0.475. The molecule has 1 heterocycles. The van der Waals surface area contributed by atoms with E-state index in [-0.39, 0.29) is 12.1 Å². The van der Waals surface area contributed by atoms with E-state index in [1.54, 1.807) is 17.0 Å². The standard InChI is InChI=1S/C16H21N3O3/c1-16(2,3)22-15(21)19-9-8-14(10-19)18-13-6-4-12(5-7-13)17-11-20/h4-7,14,18H,8-10H2,1-3H3. The zero-order valence-corrected chi connectivity index (χ0v) is 13.1. The summed E-state index contributed by atoms with van der Waals surface area (Å²) in [5, 5.41) is 3.37. The minimum Gasteiger partial charge on any atom is -0.444 e. The minimum absolute atomic E-state index is 0.188. The van der Waals surface area contributed by atoms with Gasteiger partial charge in [0.05, 0.1) is 5.69 Å². The van der Waals surface area contributed by atoms with E-state index in [0.717, 1.165) is 12.1 Å². The van der Waals surface area contributed by atoms with Gasteiger partial charge in [0.2, 0.25) is 6.08 Å². The van der Waals surface area contributed by atoms with Crippen molar-refractivity contribution in [1.29, 1.82) is 0 Å². The van der Waals surface area contributed by atoms with Crippen LogP contribution in [0.25, 0.3) is 0 Å². The molecule has 0 aromatic heterocycles. The second-order valence-electron chi connectivity index (χ2n) is 6.31. The van der Waals surface area contributed by atoms with Crippen LogP contribution in [0.2, 0.25) is 0 Å². The Bertz CT molecular complexity index is 571. The highest BCUT2D eigenvalue weighted by atomic mass is 16.6. The van der Waals surface area contributed by atoms with Gasteiger partial charge in [-0.3, -0.25) is 0 Å². The first-order chi connectivity index (χ1) is 10.4. The quantitative estimate of drug-likeness (QED) is 0.688. The maximum atomic E-state index is 12.0. The summed E-state index contributed by atoms with van der Waals surface area (Å²) in [5.41, 5.74) is 1.03. The SMILES string of the molecule is CC(C)(C)OC(=O)N1CCC(Nc2ccc(N=C=O)cc2)C1. The molecule has 0 aliphatic carbocycles. The number of rotatable bonds is 3. The highest BCUT2D eigenvalue weighted by Gasteiger charge is 2.29. The van der Waals surface area contributed by atoms with Gasteiger partial charge in [0.25, 0.3) is 0 Å². The van der Waals surface area contributed by atoms with Gasteiger partial charge in [-0.2, -0.15) is 4.99 Å². The molecule has 1 aromatic carbocycles. The largest absolute Gasteiger partial charge is 0.444 e. The summed E-state index contributed by atoms with van der Waals surface area (Å²) in [7, 11) is 0. The van der Waals surface area contributed by atoms with Crippen LogP contribution in [-0.2, 0) is 9.53 Å². The van der Waals surface area contributed by atoms with Crippen LogP contribution in [-0.4, -0.2) is 41.8 Å². The number of isocyanates is 1. The highest BCUT2D eigenvalue weighted by molar-refractivity contribution is 5.68. The summed E-state index contributed by atoms with van der Waals surface area (Å²) in [5.74, 6) is 0. The Morgan fingerprint density at radius 1 is 1.36 bits per heavy atom. The first kappa shape index (κ1) is 16.0. The second-order valence-corrected chi connectivity index (χ2v) is 6.31. The van der Waals surface area contributed by atoms with Crippen molar-refractivity contribution in [2.45, 2.75) is 38.8 Å². The van der Waals surface area contributed by atoms with Gasteiger partial charge in [-0.25, -0.2) is 9.59 Å². The van der Waals surface area contributed by atoms with Crippen LogP contribution >= 0.6 is 0 Å². The van der Waals surface area contributed by atoms with E-state index in [1.807, 2.05) is 32.9 Å². The molecule has 1 saturated heterocycles. The lowest BCUT2D eigenvalue weighted by Crippen LogP contribution is -2.36. The zero-order valence-electron chi connectivity index (χ0n) is 13.1. The van der Waals surface area contributed by atoms with Crippen LogP contribution in [0.5, 0.6) is 0 Å². The van der Waals surface area contributed by atoms with Crippen molar-refractivity contribution >= 4 is 23.5 Å². The van der Waals surface area contributed by atoms with Crippen LogP contribution < -0.4 is 5.32 Å². The third-order valence-corrected chi connectivity index (χ3v) is 3.25. The molecule has 1 unspecified atom stereocenters. The van der Waals surface area contributed by atoms with Crippen molar-refractivity contribution in [2.24, 2.45) is 4.99 Å². The van der Waals surface area contributed by atoms with Crippen LogP contribution in [0.3, 0.4) is 0 Å². The second kappa shape index (κ2) is 6.62. The zero-order chi connectivity index (χ0) is 16.2. The molecule has 0 saturated carbocycles. The number of hydrogen-bond acceptors (Lipinski definition) is 5. The highest BCUT2D eigenvalue weighted by Crippen LogP contribution is 2.20. The molecule has 1 aliphatic rings. The number of anilines is 1. The van der Waals surface area contributed by atoms with Crippen molar-refractivity contribution in [2.75, 3.05) is 18.4 Å². The van der Waals surface area contributed by atoms with Crippen LogP contribution in [0.1, 0.15) is 27.2 Å². The van der Waals surface area contributed by atoms with E-state index in [0.29, 0.717) is 18.8 Å². The monoisotopic (exact) mass is 303 g/mol. The van der Waals surface area contributed by atoms with E-state index in [9.17, 15) is 9.59 Å². The van der Waals surface area contributed by atoms with Gasteiger partial charge in [0.1, 0.15) is 5.60 Å². The maximum Gasteiger partial charge on any atom is 0.410 e. The summed E-state index contributed by atoms with van der Waals surface area (Å²) < 4.78 is 5.37. The Kier molecular flexibility index (Phi) is 4.83. The van der Waals surface area contributed by atoms with Crippen molar-refractivity contribution < 1.29 is 14.3 Å². The molecular formula is C16H21N3O3. The lowest BCUT2D eigenvalue weighted by molar-refractivity contribution is 0.0293. The third kappa shape index (κ3) is 4.60. The van der Waals surface area contributed by atoms with E-state index >= 15 is 0 Å². The molecule has 1 amide bonds. The van der Waals surface area contributed by atoms with Crippen molar-refractivity contribution in [3.05, 3.63) is 24.3 Å². The van der Waals surface area contributed by atoms with E-state index in [1.165, 1.54) is 6.08 Å². The van der Waals surface area contributed by atoms with Gasteiger partial charge >= 0.3 is 6.09 Å². The number of hydrogen-bond donors (Lipinski definition) is 1. The Balaban J connectivity index is 1.88. The molecular weight excluding hydrogens is 282 g/mol. The Morgan fingerprint density at radius 2 is 2.05 bits per heavy atom. The summed E-state index contributed by atoms with van der Waals surface area (Å²) in [4.78, 5) is 27.4. The summed E-state index contributed by atoms with van der Waals surface area (Å²) >= 11 is 0. The smallest absolute Gasteiger partial charge is 0.410 e. The lowest BCUT2D eigenvalue weighted by atomic mass is 10.2. The molecule has 1 N–H and O–H groups in total. The number of nitrogens with one attached hydrogen (secondary N) is 1. The van der Waals surface area contributed by atoms with Gasteiger partial charge in [0.15, 0.2) is 0 Å². The van der Waals surface area contributed by atoms with Crippen LogP contribution in [0.4, 0.5) is 16.2 Å². The maximum absolute atomic E-state index is 12.0. The first-order valence-corrected chi connectivity index (χ1v) is 7.30. The summed E-state index contributed by atoms with van der Waals surface area (Å²) in [6.45, 7) is 6.88. The number of carbonyl (C=O) groups excluding carboxylic acids is 2. The number of likely N-dealkylation sites (tertiary alicyclic amines) is 1. The van der Waals surface area contributed by atoms with E-state index in [4.69, 9.17) is 4.74 Å². The number of ether oxygens (including phenoxy) is 1. The lowest BCUT2D eigenvalue weighted by Gasteiger charge is -2.24. The molecule has 6 heteroatoms. The number of aliphatic imine (C=N–C) groups is 1. The predicted molar refractivity (Wildman–Crippen MR) is 84.1 cm³/mol. The van der Waals surface area contributed by atoms with E-state index < -0.39 is 5.60 Å². The molecule has 1 aliphatic heterocycles. The average molecular weight is 303 g/mol. The Morgan fingerprint density at radius 3 is 2.64 bits per heavy atom. The molecule has 118 valence electrons. The number of carbonyl (C=O) groups is 1. The molecule has 6 nitrogen and oxygen atoms in total. The molecule has 1 atom stereocenters. The molecule has 1 aromatic rings. The normalized spacial score (nSPS) is 17.8. The number of benzene rings is 1. The third-order valence-electron chi connectivity index (χ3n) is 3.25. The van der Waals surface area contributed by atoms with Gasteiger partial charge in [-0.05, 0) is 51.5 Å². The van der Waals surface area contributed by atoms with Crippen LogP contribution in [0, 0.1) is 0 Å². The molecule has 22 heavy (non-hydrogen) atoms. The average Bonchev–Trinajstić information content (AvgIpc) is 2.88. The van der Waals surface area contributed by atoms with Crippen molar-refractivity contribution in [1.82, 2.24) is 4.90 Å². The van der Waals surface area contributed by atoms with Crippen LogP contribution in [0.15, 0.2) is 29.3 Å². The fourth-order valence-electron chi connectivity index (χ4n) is 2.29. The number of nitrogens with zero attached hydrogens (tertiary/aromatic N) is 2. The van der Waals surface area contributed by atoms with Gasteiger partial charge < -0.3 is 15.0 Å². The van der Waals surface area contributed by atoms with Gasteiger partial charge in [-0.15, -0.1) is 0 Å². The fraction of sp³-hybridized carbons (Fsp3) is 0.500.